The van der Waals surface area contributed by atoms with Crippen LogP contribution in [0.5, 0.6) is 0 Å². The summed E-state index contributed by atoms with van der Waals surface area (Å²) in [5, 5.41) is 0. The van der Waals surface area contributed by atoms with Gasteiger partial charge in [-0.15, -0.1) is 0 Å². The molecule has 1 aromatic carbocycles. The van der Waals surface area contributed by atoms with E-state index in [4.69, 9.17) is 0 Å². The van der Waals surface area contributed by atoms with Gasteiger partial charge < -0.3 is 0 Å². The Balaban J connectivity index is 2.31. The normalized spacial score (nSPS) is 17.3. The second kappa shape index (κ2) is 5.02. The average molecular weight is 267 g/mol. The topological polar surface area (TPSA) is 46.2 Å². The predicted molar refractivity (Wildman–Crippen MR) is 73.2 cm³/mol. The van der Waals surface area contributed by atoms with Crippen molar-refractivity contribution in [2.24, 2.45) is 0 Å². The predicted octanol–water partition coefficient (Wildman–Crippen LogP) is 2.83. The summed E-state index contributed by atoms with van der Waals surface area (Å²) in [6, 6.07) is 3.84. The van der Waals surface area contributed by atoms with Gasteiger partial charge in [0.05, 0.1) is 4.90 Å². The van der Waals surface area contributed by atoms with Crippen molar-refractivity contribution in [3.05, 3.63) is 28.8 Å². The molecule has 1 N–H and O–H groups in total. The first-order valence-electron chi connectivity index (χ1n) is 6.50. The van der Waals surface area contributed by atoms with Crippen molar-refractivity contribution in [3.63, 3.8) is 0 Å². The van der Waals surface area contributed by atoms with Crippen molar-refractivity contribution < 1.29 is 8.42 Å². The average Bonchev–Trinajstić information content (AvgIpc) is 2.75. The highest BCUT2D eigenvalue weighted by Crippen LogP contribution is 2.23. The van der Waals surface area contributed by atoms with E-state index in [0.717, 1.165) is 42.4 Å². The third-order valence-electron chi connectivity index (χ3n) is 3.76. The van der Waals surface area contributed by atoms with Crippen LogP contribution >= 0.6 is 0 Å². The molecule has 0 aromatic heterocycles. The summed E-state index contributed by atoms with van der Waals surface area (Å²) in [6.45, 7) is 5.81. The van der Waals surface area contributed by atoms with E-state index in [-0.39, 0.29) is 6.04 Å². The molecule has 0 spiro atoms. The molecule has 0 unspecified atom stereocenters. The fraction of sp³-hybridized carbons (Fsp3) is 0.571. The van der Waals surface area contributed by atoms with Gasteiger partial charge in [-0.1, -0.05) is 18.9 Å². The van der Waals surface area contributed by atoms with Gasteiger partial charge in [-0.3, -0.25) is 0 Å². The molecule has 0 atom stereocenters. The maximum absolute atomic E-state index is 12.4. The van der Waals surface area contributed by atoms with Gasteiger partial charge in [0.2, 0.25) is 10.0 Å². The largest absolute Gasteiger partial charge is 0.241 e. The minimum Gasteiger partial charge on any atom is -0.208 e. The zero-order valence-corrected chi connectivity index (χ0v) is 12.1. The SMILES string of the molecule is Cc1cc(C)c(S(=O)(=O)NC2CCCC2)cc1C. The molecule has 1 saturated carbocycles. The van der Waals surface area contributed by atoms with Gasteiger partial charge in [0.25, 0.3) is 0 Å². The lowest BCUT2D eigenvalue weighted by Gasteiger charge is -2.15. The van der Waals surface area contributed by atoms with Crippen LogP contribution in [0.1, 0.15) is 42.4 Å². The zero-order chi connectivity index (χ0) is 13.3. The highest BCUT2D eigenvalue weighted by Gasteiger charge is 2.24. The number of rotatable bonds is 3. The molecule has 1 aliphatic carbocycles. The van der Waals surface area contributed by atoms with Crippen LogP contribution in [0.15, 0.2) is 17.0 Å². The van der Waals surface area contributed by atoms with Gasteiger partial charge in [-0.2, -0.15) is 0 Å². The Bertz CT molecular complexity index is 543. The van der Waals surface area contributed by atoms with Gasteiger partial charge in [0.15, 0.2) is 0 Å². The molecule has 0 bridgehead atoms. The highest BCUT2D eigenvalue weighted by atomic mass is 32.2. The van der Waals surface area contributed by atoms with Gasteiger partial charge in [0.1, 0.15) is 0 Å². The third-order valence-corrected chi connectivity index (χ3v) is 5.42. The van der Waals surface area contributed by atoms with E-state index in [1.54, 1.807) is 6.07 Å². The Kier molecular flexibility index (Phi) is 3.78. The molecule has 100 valence electrons. The fourth-order valence-electron chi connectivity index (χ4n) is 2.55. The van der Waals surface area contributed by atoms with E-state index in [9.17, 15) is 8.42 Å². The van der Waals surface area contributed by atoms with Crippen molar-refractivity contribution in [2.75, 3.05) is 0 Å². The molecule has 1 aliphatic rings. The first kappa shape index (κ1) is 13.6. The summed E-state index contributed by atoms with van der Waals surface area (Å²) in [7, 11) is -3.36. The molecule has 0 amide bonds. The van der Waals surface area contributed by atoms with Gasteiger partial charge in [-0.25, -0.2) is 13.1 Å². The Morgan fingerprint density at radius 3 is 2.17 bits per heavy atom. The smallest absolute Gasteiger partial charge is 0.208 e. The number of sulfonamides is 1. The van der Waals surface area contributed by atoms with Gasteiger partial charge in [0, 0.05) is 6.04 Å². The lowest BCUT2D eigenvalue weighted by atomic mass is 10.1. The van der Waals surface area contributed by atoms with E-state index >= 15 is 0 Å². The van der Waals surface area contributed by atoms with Crippen LogP contribution in [0.3, 0.4) is 0 Å². The van der Waals surface area contributed by atoms with Crippen LogP contribution in [-0.4, -0.2) is 14.5 Å². The lowest BCUT2D eigenvalue weighted by Crippen LogP contribution is -2.33. The molecular formula is C14H21NO2S. The standard InChI is InChI=1S/C14H21NO2S/c1-10-8-12(3)14(9-11(10)2)18(16,17)15-13-6-4-5-7-13/h8-9,13,15H,4-7H2,1-3H3. The summed E-state index contributed by atoms with van der Waals surface area (Å²) in [4.78, 5) is 0.428. The second-order valence-corrected chi connectivity index (χ2v) is 6.99. The van der Waals surface area contributed by atoms with Crippen LogP contribution in [-0.2, 0) is 10.0 Å². The van der Waals surface area contributed by atoms with E-state index in [1.165, 1.54) is 0 Å². The molecule has 0 heterocycles. The minimum atomic E-state index is -3.36. The van der Waals surface area contributed by atoms with Gasteiger partial charge in [-0.05, 0) is 56.4 Å². The lowest BCUT2D eigenvalue weighted by molar-refractivity contribution is 0.551. The molecule has 1 aromatic rings. The Morgan fingerprint density at radius 2 is 1.56 bits per heavy atom. The number of benzene rings is 1. The number of aryl methyl sites for hydroxylation is 3. The number of hydrogen-bond acceptors (Lipinski definition) is 2. The Labute approximate surface area is 110 Å². The van der Waals surface area contributed by atoms with Crippen LogP contribution < -0.4 is 4.72 Å². The third kappa shape index (κ3) is 2.75. The van der Waals surface area contributed by atoms with Crippen molar-refractivity contribution in [1.29, 1.82) is 0 Å². The first-order chi connectivity index (χ1) is 8.40. The van der Waals surface area contributed by atoms with Crippen molar-refractivity contribution in [3.8, 4) is 0 Å². The van der Waals surface area contributed by atoms with Crippen molar-refractivity contribution >= 4 is 10.0 Å². The molecule has 4 heteroatoms. The van der Waals surface area contributed by atoms with Crippen LogP contribution in [0.2, 0.25) is 0 Å². The van der Waals surface area contributed by atoms with E-state index in [2.05, 4.69) is 4.72 Å². The van der Waals surface area contributed by atoms with Crippen LogP contribution in [0.4, 0.5) is 0 Å². The molecule has 2 rings (SSSR count). The summed E-state index contributed by atoms with van der Waals surface area (Å²) in [6.07, 6.45) is 4.17. The molecule has 3 nitrogen and oxygen atoms in total. The van der Waals surface area contributed by atoms with Crippen LogP contribution in [0, 0.1) is 20.8 Å². The molecule has 0 aliphatic heterocycles. The molecular weight excluding hydrogens is 246 g/mol. The number of hydrogen-bond donors (Lipinski definition) is 1. The van der Waals surface area contributed by atoms with Crippen molar-refractivity contribution in [1.82, 2.24) is 4.72 Å². The Morgan fingerprint density at radius 1 is 1.00 bits per heavy atom. The van der Waals surface area contributed by atoms with E-state index < -0.39 is 10.0 Å². The molecule has 0 saturated heterocycles. The fourth-order valence-corrected chi connectivity index (χ4v) is 4.17. The minimum absolute atomic E-state index is 0.121. The van der Waals surface area contributed by atoms with Gasteiger partial charge >= 0.3 is 0 Å². The summed E-state index contributed by atoms with van der Waals surface area (Å²) >= 11 is 0. The quantitative estimate of drug-likeness (QED) is 0.915. The monoisotopic (exact) mass is 267 g/mol. The second-order valence-electron chi connectivity index (χ2n) is 5.30. The summed E-state index contributed by atoms with van der Waals surface area (Å²) < 4.78 is 27.6. The number of nitrogens with one attached hydrogen (secondary N) is 1. The maximum Gasteiger partial charge on any atom is 0.241 e. The summed E-state index contributed by atoms with van der Waals surface area (Å²) in [5.41, 5.74) is 2.98. The van der Waals surface area contributed by atoms with Crippen molar-refractivity contribution in [2.45, 2.75) is 57.4 Å². The highest BCUT2D eigenvalue weighted by molar-refractivity contribution is 7.89. The van der Waals surface area contributed by atoms with E-state index in [0.29, 0.717) is 4.90 Å². The Hall–Kier alpha value is -0.870. The molecule has 1 fully saturated rings. The van der Waals surface area contributed by atoms with Crippen LogP contribution in [0.25, 0.3) is 0 Å². The maximum atomic E-state index is 12.4. The first-order valence-corrected chi connectivity index (χ1v) is 7.98. The summed E-state index contributed by atoms with van der Waals surface area (Å²) in [5.74, 6) is 0. The molecule has 0 radical (unpaired) electrons. The zero-order valence-electron chi connectivity index (χ0n) is 11.3. The molecule has 18 heavy (non-hydrogen) atoms. The van der Waals surface area contributed by atoms with E-state index in [1.807, 2.05) is 26.8 Å².